The summed E-state index contributed by atoms with van der Waals surface area (Å²) < 4.78 is 19.0. The van der Waals surface area contributed by atoms with Gasteiger partial charge in [0, 0.05) is 11.1 Å². The Morgan fingerprint density at radius 1 is 1.04 bits per heavy atom. The van der Waals surface area contributed by atoms with Crippen LogP contribution < -0.4 is 0 Å². The first-order chi connectivity index (χ1) is 13.4. The standard InChI is InChI=1S/C19H16O9/c1-2-25-19(24)27-9-26-15(21)8-13(20)14-7-12-16(22)10-5-3-4-6-11(10)17(23)18(12)28-14/h3-7,13,20H,2,8-9H2,1H3. The zero-order valence-electron chi connectivity index (χ0n) is 14.8. The number of carbonyl (C=O) groups is 4. The van der Waals surface area contributed by atoms with E-state index in [1.54, 1.807) is 19.1 Å². The predicted octanol–water partition coefficient (Wildman–Crippen LogP) is 2.15. The maximum absolute atomic E-state index is 12.5. The first-order valence-electron chi connectivity index (χ1n) is 8.37. The summed E-state index contributed by atoms with van der Waals surface area (Å²) in [4.78, 5) is 47.7. The highest BCUT2D eigenvalue weighted by molar-refractivity contribution is 6.27. The van der Waals surface area contributed by atoms with Gasteiger partial charge in [0.2, 0.25) is 12.6 Å². The zero-order valence-corrected chi connectivity index (χ0v) is 14.8. The summed E-state index contributed by atoms with van der Waals surface area (Å²) in [6, 6.07) is 7.54. The van der Waals surface area contributed by atoms with Crippen LogP contribution in [0.1, 0.15) is 57.2 Å². The molecule has 0 radical (unpaired) electrons. The summed E-state index contributed by atoms with van der Waals surface area (Å²) in [5, 5.41) is 10.2. The molecule has 28 heavy (non-hydrogen) atoms. The van der Waals surface area contributed by atoms with E-state index in [2.05, 4.69) is 14.2 Å². The van der Waals surface area contributed by atoms with Gasteiger partial charge in [-0.2, -0.15) is 0 Å². The van der Waals surface area contributed by atoms with Crippen molar-refractivity contribution in [1.29, 1.82) is 0 Å². The second kappa shape index (κ2) is 8.05. The van der Waals surface area contributed by atoms with Gasteiger partial charge in [-0.1, -0.05) is 24.3 Å². The molecule has 1 heterocycles. The van der Waals surface area contributed by atoms with Gasteiger partial charge in [0.05, 0.1) is 18.6 Å². The van der Waals surface area contributed by atoms with Gasteiger partial charge in [-0.15, -0.1) is 0 Å². The lowest BCUT2D eigenvalue weighted by Gasteiger charge is -2.11. The van der Waals surface area contributed by atoms with E-state index in [9.17, 15) is 24.3 Å². The van der Waals surface area contributed by atoms with Crippen molar-refractivity contribution in [2.75, 3.05) is 13.4 Å². The van der Waals surface area contributed by atoms with Crippen molar-refractivity contribution in [3.8, 4) is 0 Å². The van der Waals surface area contributed by atoms with Crippen molar-refractivity contribution >= 4 is 23.7 Å². The number of fused-ring (bicyclic) bond motifs is 2. The molecule has 1 aromatic heterocycles. The van der Waals surface area contributed by atoms with Gasteiger partial charge in [0.25, 0.3) is 0 Å². The van der Waals surface area contributed by atoms with E-state index >= 15 is 0 Å². The van der Waals surface area contributed by atoms with E-state index in [-0.39, 0.29) is 34.8 Å². The summed E-state index contributed by atoms with van der Waals surface area (Å²) in [6.45, 7) is 1.02. The minimum atomic E-state index is -1.45. The number of aliphatic hydroxyl groups excluding tert-OH is 1. The number of aliphatic hydroxyl groups is 1. The number of rotatable bonds is 6. The minimum Gasteiger partial charge on any atom is -0.454 e. The van der Waals surface area contributed by atoms with Crippen LogP contribution in [0.3, 0.4) is 0 Å². The van der Waals surface area contributed by atoms with E-state index in [1.165, 1.54) is 18.2 Å². The topological polar surface area (TPSA) is 129 Å². The molecule has 146 valence electrons. The number of ether oxygens (including phenoxy) is 3. The van der Waals surface area contributed by atoms with Crippen molar-refractivity contribution in [2.24, 2.45) is 0 Å². The fourth-order valence-corrected chi connectivity index (χ4v) is 2.68. The monoisotopic (exact) mass is 388 g/mol. The average Bonchev–Trinajstić information content (AvgIpc) is 3.12. The Morgan fingerprint density at radius 2 is 1.71 bits per heavy atom. The lowest BCUT2D eigenvalue weighted by Crippen LogP contribution is -2.18. The third kappa shape index (κ3) is 3.79. The van der Waals surface area contributed by atoms with Crippen LogP contribution in [0.4, 0.5) is 4.79 Å². The van der Waals surface area contributed by atoms with Crippen molar-refractivity contribution < 1.29 is 42.9 Å². The minimum absolute atomic E-state index is 0.0248. The average molecular weight is 388 g/mol. The molecule has 0 saturated carbocycles. The normalized spacial score (nSPS) is 13.4. The molecular formula is C19H16O9. The van der Waals surface area contributed by atoms with Crippen LogP contribution in [0, 0.1) is 0 Å². The quantitative estimate of drug-likeness (QED) is 0.498. The van der Waals surface area contributed by atoms with Crippen LogP contribution in [0.15, 0.2) is 34.7 Å². The Labute approximate surface area is 158 Å². The molecule has 0 bridgehead atoms. The SMILES string of the molecule is CCOC(=O)OCOC(=O)CC(O)c1cc2c(o1)C(=O)c1ccccc1C2=O. The number of carbonyl (C=O) groups excluding carboxylic acids is 4. The lowest BCUT2D eigenvalue weighted by molar-refractivity contribution is -0.155. The molecule has 9 nitrogen and oxygen atoms in total. The third-order valence-corrected chi connectivity index (χ3v) is 3.97. The van der Waals surface area contributed by atoms with Crippen LogP contribution in [-0.4, -0.2) is 42.2 Å². The smallest absolute Gasteiger partial charge is 0.454 e. The van der Waals surface area contributed by atoms with Crippen LogP contribution in [0.5, 0.6) is 0 Å². The lowest BCUT2D eigenvalue weighted by atomic mass is 9.88. The molecule has 1 unspecified atom stereocenters. The molecule has 3 rings (SSSR count). The molecule has 9 heteroatoms. The first-order valence-corrected chi connectivity index (χ1v) is 8.37. The van der Waals surface area contributed by atoms with Gasteiger partial charge in [0.1, 0.15) is 11.9 Å². The number of ketones is 2. The van der Waals surface area contributed by atoms with E-state index in [0.29, 0.717) is 0 Å². The maximum Gasteiger partial charge on any atom is 0.511 e. The summed E-state index contributed by atoms with van der Waals surface area (Å²) in [5.74, 6) is -2.07. The van der Waals surface area contributed by atoms with Gasteiger partial charge in [-0.3, -0.25) is 14.4 Å². The Morgan fingerprint density at radius 3 is 2.39 bits per heavy atom. The molecule has 2 aromatic rings. The number of esters is 1. The third-order valence-electron chi connectivity index (χ3n) is 3.97. The summed E-state index contributed by atoms with van der Waals surface area (Å²) in [5.41, 5.74) is 0.486. The van der Waals surface area contributed by atoms with Gasteiger partial charge in [-0.25, -0.2) is 4.79 Å². The largest absolute Gasteiger partial charge is 0.511 e. The van der Waals surface area contributed by atoms with Crippen LogP contribution in [0.2, 0.25) is 0 Å². The van der Waals surface area contributed by atoms with Crippen LogP contribution >= 0.6 is 0 Å². The Kier molecular flexibility index (Phi) is 5.55. The molecule has 0 spiro atoms. The zero-order chi connectivity index (χ0) is 20.3. The molecule has 1 aliphatic rings. The summed E-state index contributed by atoms with van der Waals surface area (Å²) >= 11 is 0. The van der Waals surface area contributed by atoms with E-state index < -0.39 is 43.0 Å². The highest BCUT2D eigenvalue weighted by Crippen LogP contribution is 2.32. The number of furan rings is 1. The fourth-order valence-electron chi connectivity index (χ4n) is 2.68. The Bertz CT molecular complexity index is 888. The molecule has 0 amide bonds. The molecule has 1 aromatic carbocycles. The molecule has 0 saturated heterocycles. The van der Waals surface area contributed by atoms with Crippen molar-refractivity contribution in [2.45, 2.75) is 19.4 Å². The Balaban J connectivity index is 1.66. The Hall–Kier alpha value is -3.46. The summed E-state index contributed by atoms with van der Waals surface area (Å²) in [6.07, 6.45) is -2.98. The molecule has 1 N–H and O–H groups in total. The van der Waals surface area contributed by atoms with Crippen LogP contribution in [0.25, 0.3) is 0 Å². The van der Waals surface area contributed by atoms with Crippen molar-refractivity contribution in [3.63, 3.8) is 0 Å². The summed E-state index contributed by atoms with van der Waals surface area (Å²) in [7, 11) is 0. The number of hydrogen-bond acceptors (Lipinski definition) is 9. The fraction of sp³-hybridized carbons (Fsp3) is 0.263. The van der Waals surface area contributed by atoms with E-state index in [1.807, 2.05) is 0 Å². The molecular weight excluding hydrogens is 372 g/mol. The van der Waals surface area contributed by atoms with Crippen molar-refractivity contribution in [1.82, 2.24) is 0 Å². The second-order valence-corrected chi connectivity index (χ2v) is 5.78. The van der Waals surface area contributed by atoms with Gasteiger partial charge >= 0.3 is 12.1 Å². The maximum atomic E-state index is 12.5. The molecule has 1 aliphatic carbocycles. The number of hydrogen-bond donors (Lipinski definition) is 1. The van der Waals surface area contributed by atoms with Crippen LogP contribution in [-0.2, 0) is 19.0 Å². The van der Waals surface area contributed by atoms with Gasteiger partial charge in [0.15, 0.2) is 11.5 Å². The van der Waals surface area contributed by atoms with E-state index in [4.69, 9.17) is 4.42 Å². The van der Waals surface area contributed by atoms with Gasteiger partial charge in [-0.05, 0) is 13.0 Å². The highest BCUT2D eigenvalue weighted by atomic mass is 16.8. The van der Waals surface area contributed by atoms with Gasteiger partial charge < -0.3 is 23.7 Å². The first kappa shape index (κ1) is 19.3. The number of benzene rings is 1. The molecule has 0 fully saturated rings. The molecule has 1 atom stereocenters. The molecule has 0 aliphatic heterocycles. The second-order valence-electron chi connectivity index (χ2n) is 5.78. The predicted molar refractivity (Wildman–Crippen MR) is 90.7 cm³/mol. The highest BCUT2D eigenvalue weighted by Gasteiger charge is 2.34. The van der Waals surface area contributed by atoms with Crippen molar-refractivity contribution in [3.05, 3.63) is 58.5 Å². The van der Waals surface area contributed by atoms with E-state index in [0.717, 1.165) is 0 Å².